The zero-order chi connectivity index (χ0) is 8.84. The summed E-state index contributed by atoms with van der Waals surface area (Å²) in [6.45, 7) is 2.39. The summed E-state index contributed by atoms with van der Waals surface area (Å²) in [7, 11) is 0. The maximum atomic E-state index is 3.87. The summed E-state index contributed by atoms with van der Waals surface area (Å²) in [5.74, 6) is 3.23. The van der Waals surface area contributed by atoms with Gasteiger partial charge in [0.05, 0.1) is 0 Å². The van der Waals surface area contributed by atoms with Crippen LogP contribution in [0.15, 0.2) is 0 Å². The van der Waals surface area contributed by atoms with Crippen molar-refractivity contribution in [1.82, 2.24) is 5.32 Å². The predicted octanol–water partition coefficient (Wildman–Crippen LogP) is 2.56. The van der Waals surface area contributed by atoms with Crippen molar-refractivity contribution < 1.29 is 0 Å². The van der Waals surface area contributed by atoms with Crippen LogP contribution in [0.5, 0.6) is 0 Å². The van der Waals surface area contributed by atoms with E-state index in [1.165, 1.54) is 38.5 Å². The van der Waals surface area contributed by atoms with Crippen molar-refractivity contribution in [2.75, 3.05) is 0 Å². The van der Waals surface area contributed by atoms with Gasteiger partial charge < -0.3 is 5.32 Å². The number of hydrogen-bond acceptors (Lipinski definition) is 1. The summed E-state index contributed by atoms with van der Waals surface area (Å²) in [6, 6.07) is 1.71. The Morgan fingerprint density at radius 1 is 1.15 bits per heavy atom. The lowest BCUT2D eigenvalue weighted by atomic mass is 9.94. The van der Waals surface area contributed by atoms with Gasteiger partial charge in [-0.1, -0.05) is 12.8 Å². The Balaban J connectivity index is 1.53. The minimum absolute atomic E-state index is 0.810. The summed E-state index contributed by atoms with van der Waals surface area (Å²) in [5.41, 5.74) is 0. The van der Waals surface area contributed by atoms with Gasteiger partial charge in [-0.2, -0.15) is 0 Å². The van der Waals surface area contributed by atoms with E-state index in [4.69, 9.17) is 0 Å². The molecule has 3 rings (SSSR count). The largest absolute Gasteiger partial charge is 0.311 e. The van der Waals surface area contributed by atoms with Gasteiger partial charge in [-0.15, -0.1) is 0 Å². The molecule has 0 bridgehead atoms. The molecular formula is C12H21N. The number of hydrogen-bond donors (Lipinski definition) is 1. The first-order chi connectivity index (χ1) is 6.34. The average molecular weight is 179 g/mol. The summed E-state index contributed by atoms with van der Waals surface area (Å²) >= 11 is 0. The highest BCUT2D eigenvalue weighted by Crippen LogP contribution is 2.50. The highest BCUT2D eigenvalue weighted by Gasteiger charge is 2.45. The fraction of sp³-hybridized carbons (Fsp3) is 1.00. The topological polar surface area (TPSA) is 12.0 Å². The second-order valence-electron chi connectivity index (χ2n) is 5.49. The molecule has 0 aromatic rings. The molecule has 74 valence electrons. The highest BCUT2D eigenvalue weighted by atomic mass is 15.0. The average Bonchev–Trinajstić information content (AvgIpc) is 3.00. The third-order valence-corrected chi connectivity index (χ3v) is 4.39. The monoisotopic (exact) mass is 179 g/mol. The van der Waals surface area contributed by atoms with Crippen LogP contribution in [0.4, 0.5) is 0 Å². The van der Waals surface area contributed by atoms with E-state index >= 15 is 0 Å². The molecule has 4 unspecified atom stereocenters. The van der Waals surface area contributed by atoms with E-state index in [0.29, 0.717) is 0 Å². The second-order valence-corrected chi connectivity index (χ2v) is 5.49. The van der Waals surface area contributed by atoms with Gasteiger partial charge in [-0.25, -0.2) is 0 Å². The van der Waals surface area contributed by atoms with Gasteiger partial charge in [0.25, 0.3) is 0 Å². The van der Waals surface area contributed by atoms with Crippen molar-refractivity contribution in [3.8, 4) is 0 Å². The first-order valence-corrected chi connectivity index (χ1v) is 6.10. The van der Waals surface area contributed by atoms with Crippen LogP contribution >= 0.6 is 0 Å². The molecule has 0 spiro atoms. The van der Waals surface area contributed by atoms with Crippen molar-refractivity contribution in [2.45, 2.75) is 57.5 Å². The predicted molar refractivity (Wildman–Crippen MR) is 54.6 cm³/mol. The Hall–Kier alpha value is -0.0400. The van der Waals surface area contributed by atoms with Crippen molar-refractivity contribution in [3.63, 3.8) is 0 Å². The van der Waals surface area contributed by atoms with Gasteiger partial charge in [0, 0.05) is 12.1 Å². The third kappa shape index (κ3) is 1.63. The van der Waals surface area contributed by atoms with Crippen LogP contribution in [0.1, 0.15) is 45.4 Å². The molecule has 1 nitrogen and oxygen atoms in total. The maximum Gasteiger partial charge on any atom is 0.0101 e. The number of nitrogens with one attached hydrogen (secondary N) is 1. The molecule has 0 radical (unpaired) electrons. The van der Waals surface area contributed by atoms with Crippen LogP contribution in [0.25, 0.3) is 0 Å². The normalized spacial score (nSPS) is 45.5. The molecule has 1 N–H and O–H groups in total. The Morgan fingerprint density at radius 3 is 2.77 bits per heavy atom. The van der Waals surface area contributed by atoms with Crippen LogP contribution in [0.3, 0.4) is 0 Å². The van der Waals surface area contributed by atoms with Gasteiger partial charge in [0.15, 0.2) is 0 Å². The molecule has 0 aromatic carbocycles. The zero-order valence-electron chi connectivity index (χ0n) is 8.63. The fourth-order valence-electron chi connectivity index (χ4n) is 3.19. The van der Waals surface area contributed by atoms with Crippen LogP contribution in [-0.4, -0.2) is 12.1 Å². The molecule has 13 heavy (non-hydrogen) atoms. The van der Waals surface area contributed by atoms with Gasteiger partial charge in [-0.3, -0.25) is 0 Å². The molecule has 3 saturated carbocycles. The van der Waals surface area contributed by atoms with E-state index in [-0.39, 0.29) is 0 Å². The molecule has 0 aliphatic heterocycles. The van der Waals surface area contributed by atoms with Crippen molar-refractivity contribution in [3.05, 3.63) is 0 Å². The molecule has 0 heterocycles. The van der Waals surface area contributed by atoms with Crippen LogP contribution < -0.4 is 5.32 Å². The molecular weight excluding hydrogens is 158 g/mol. The molecule has 4 atom stereocenters. The summed E-state index contributed by atoms with van der Waals surface area (Å²) < 4.78 is 0. The van der Waals surface area contributed by atoms with E-state index in [0.717, 1.165) is 29.8 Å². The Kier molecular flexibility index (Phi) is 1.90. The van der Waals surface area contributed by atoms with Crippen molar-refractivity contribution in [1.29, 1.82) is 0 Å². The molecule has 3 aliphatic rings. The van der Waals surface area contributed by atoms with Gasteiger partial charge in [0.2, 0.25) is 0 Å². The van der Waals surface area contributed by atoms with E-state index in [2.05, 4.69) is 12.2 Å². The SMILES string of the molecule is CC(NC1CCCC2CC21)C1CC1. The molecule has 3 fully saturated rings. The van der Waals surface area contributed by atoms with Gasteiger partial charge in [0.1, 0.15) is 0 Å². The molecule has 0 saturated heterocycles. The zero-order valence-corrected chi connectivity index (χ0v) is 8.63. The molecule has 0 aromatic heterocycles. The first kappa shape index (κ1) is 8.28. The van der Waals surface area contributed by atoms with Gasteiger partial charge in [-0.05, 0) is 50.4 Å². The quantitative estimate of drug-likeness (QED) is 0.702. The summed E-state index contributed by atoms with van der Waals surface area (Å²) in [5, 5.41) is 3.87. The third-order valence-electron chi connectivity index (χ3n) is 4.39. The lowest BCUT2D eigenvalue weighted by Gasteiger charge is -2.26. The van der Waals surface area contributed by atoms with E-state index in [1.54, 1.807) is 0 Å². The number of fused-ring (bicyclic) bond motifs is 1. The minimum Gasteiger partial charge on any atom is -0.311 e. The molecule has 1 heteroatoms. The molecule has 0 amide bonds. The van der Waals surface area contributed by atoms with Crippen LogP contribution in [0, 0.1) is 17.8 Å². The smallest absolute Gasteiger partial charge is 0.0101 e. The standard InChI is InChI=1S/C12H21N/c1-8(9-5-6-9)13-12-4-2-3-10-7-11(10)12/h8-13H,2-7H2,1H3. The maximum absolute atomic E-state index is 3.87. The molecule has 3 aliphatic carbocycles. The Morgan fingerprint density at radius 2 is 2.00 bits per heavy atom. The van der Waals surface area contributed by atoms with E-state index in [9.17, 15) is 0 Å². The van der Waals surface area contributed by atoms with Crippen LogP contribution in [0.2, 0.25) is 0 Å². The summed E-state index contributed by atoms with van der Waals surface area (Å²) in [4.78, 5) is 0. The second kappa shape index (κ2) is 2.98. The van der Waals surface area contributed by atoms with E-state index < -0.39 is 0 Å². The van der Waals surface area contributed by atoms with Gasteiger partial charge >= 0.3 is 0 Å². The highest BCUT2D eigenvalue weighted by molar-refractivity contribution is 5.00. The van der Waals surface area contributed by atoms with E-state index in [1.807, 2.05) is 0 Å². The number of rotatable bonds is 3. The lowest BCUT2D eigenvalue weighted by molar-refractivity contribution is 0.314. The minimum atomic E-state index is 0.810. The Labute approximate surface area is 81.3 Å². The van der Waals surface area contributed by atoms with Crippen molar-refractivity contribution >= 4 is 0 Å². The lowest BCUT2D eigenvalue weighted by Crippen LogP contribution is -2.40. The van der Waals surface area contributed by atoms with Crippen LogP contribution in [-0.2, 0) is 0 Å². The fourth-order valence-corrected chi connectivity index (χ4v) is 3.19. The summed E-state index contributed by atoms with van der Waals surface area (Å²) in [6.07, 6.45) is 8.97. The first-order valence-electron chi connectivity index (χ1n) is 6.10. The van der Waals surface area contributed by atoms with Crippen molar-refractivity contribution in [2.24, 2.45) is 17.8 Å². The Bertz CT molecular complexity index is 197.